The van der Waals surface area contributed by atoms with E-state index in [-0.39, 0.29) is 162 Å². The Hall–Kier alpha value is 0.713. The van der Waals surface area contributed by atoms with Crippen LogP contribution in [-0.2, 0) is 19.1 Å². The van der Waals surface area contributed by atoms with Gasteiger partial charge in [-0.2, -0.15) is 0 Å². The van der Waals surface area contributed by atoms with E-state index in [4.69, 9.17) is 44.1 Å². The number of ether oxygens (including phenoxy) is 2. The Labute approximate surface area is 333 Å². The standard InChI is InChI=1S/2C12H25NO2.CH3NO.CH2O2.CH4.2K.H2N/c2*1-8(11(2,3)4)9(12(5,6)7)15-10(13)14;2*2-1-3;;;;/h2*8-9H,1-7H3,(H2,13,14);1H,(H2,2,3);1H,(H,2,3);1H4;;;1H2/q;;;;;2*+1;-1/p-3/t2*8-,9?;;;;;;/m11....../s1/i;;2*1D;;;;. The van der Waals surface area contributed by atoms with Gasteiger partial charge < -0.3 is 42.7 Å². The quantitative estimate of drug-likeness (QED) is 0.358. The van der Waals surface area contributed by atoms with Crippen LogP contribution in [0.3, 0.4) is 0 Å². The summed E-state index contributed by atoms with van der Waals surface area (Å²) in [6.45, 7) is 29.0. The molecule has 3 amide bonds. The van der Waals surface area contributed by atoms with Crippen molar-refractivity contribution in [2.45, 2.75) is 117 Å². The van der Waals surface area contributed by atoms with Crippen molar-refractivity contribution >= 4 is 25.0 Å². The summed E-state index contributed by atoms with van der Waals surface area (Å²) in [5, 5.41) is 7.08. The van der Waals surface area contributed by atoms with Crippen LogP contribution in [0.25, 0.3) is 23.4 Å². The van der Waals surface area contributed by atoms with Crippen LogP contribution in [0.5, 0.6) is 0 Å². The predicted molar refractivity (Wildman–Crippen MR) is 156 cm³/mol. The van der Waals surface area contributed by atoms with Crippen molar-refractivity contribution in [2.75, 3.05) is 0 Å². The summed E-state index contributed by atoms with van der Waals surface area (Å²) >= 11 is 0. The summed E-state index contributed by atoms with van der Waals surface area (Å²) in [7, 11) is 0. The third-order valence-corrected chi connectivity index (χ3v) is 5.82. The van der Waals surface area contributed by atoms with Crippen molar-refractivity contribution < 1.29 is 139 Å². The van der Waals surface area contributed by atoms with Gasteiger partial charge in [-0.05, 0) is 33.5 Å². The molecule has 2 unspecified atom stereocenters. The second-order valence-corrected chi connectivity index (χ2v) is 12.9. The average Bonchev–Trinajstić information content (AvgIpc) is 2.59. The molecule has 0 fully saturated rings. The van der Waals surface area contributed by atoms with Gasteiger partial charge in [0.25, 0.3) is 6.45 Å². The molecule has 0 spiro atoms. The van der Waals surface area contributed by atoms with Crippen LogP contribution >= 0.6 is 0 Å². The molecule has 232 valence electrons. The number of nitrogens with one attached hydrogen (secondary N) is 3. The average molecular weight is 631 g/mol. The van der Waals surface area contributed by atoms with Crippen LogP contribution in [-0.4, -0.2) is 42.3 Å². The fourth-order valence-corrected chi connectivity index (χ4v) is 3.20. The number of rotatable bonds is 4. The molecular formula is C27H58K2N4O7-2. The van der Waals surface area contributed by atoms with Gasteiger partial charge in [0.05, 0.1) is 1.37 Å². The maximum absolute atomic E-state index is 10.8. The van der Waals surface area contributed by atoms with Crippen LogP contribution in [0.1, 0.15) is 107 Å². The molecule has 0 aromatic rings. The van der Waals surface area contributed by atoms with E-state index in [1.165, 1.54) is 0 Å². The number of amides is 3. The van der Waals surface area contributed by atoms with E-state index < -0.39 is 25.0 Å². The molecule has 0 rings (SSSR count). The minimum absolute atomic E-state index is 0. The Bertz CT molecular complexity index is 681. The van der Waals surface area contributed by atoms with E-state index in [0.717, 1.165) is 0 Å². The van der Waals surface area contributed by atoms with Crippen molar-refractivity contribution in [1.82, 2.24) is 0 Å². The predicted octanol–water partition coefficient (Wildman–Crippen LogP) is 3.80. The van der Waals surface area contributed by atoms with Gasteiger partial charge in [0.2, 0.25) is 12.2 Å². The number of hydrogen-bond donors (Lipinski definition) is 1. The summed E-state index contributed by atoms with van der Waals surface area (Å²) in [5.74, 6) is 0.429. The normalized spacial score (nSPS) is 14.1. The topological polar surface area (TPSA) is 212 Å². The molecular weight excluding hydrogens is 571 g/mol. The smallest absolute Gasteiger partial charge is 0.693 e. The summed E-state index contributed by atoms with van der Waals surface area (Å²) < 4.78 is 21.4. The molecule has 0 aromatic heterocycles. The largest absolute Gasteiger partial charge is 1.00 e. The van der Waals surface area contributed by atoms with Crippen molar-refractivity contribution in [1.29, 1.82) is 0 Å². The molecule has 0 aliphatic rings. The van der Waals surface area contributed by atoms with Gasteiger partial charge in [-0.3, -0.25) is 14.4 Å². The maximum atomic E-state index is 10.8. The van der Waals surface area contributed by atoms with E-state index in [1.807, 2.05) is 41.5 Å². The third kappa shape index (κ3) is 33.2. The first-order chi connectivity index (χ1) is 16.4. The van der Waals surface area contributed by atoms with Gasteiger partial charge >= 0.3 is 103 Å². The first-order valence-electron chi connectivity index (χ1n) is 12.6. The number of carbonyl (C=O) groups excluding carboxylic acids is 3. The van der Waals surface area contributed by atoms with Gasteiger partial charge in [-0.15, -0.1) is 0 Å². The third-order valence-electron chi connectivity index (χ3n) is 5.82. The molecule has 0 radical (unpaired) electrons. The molecule has 0 aromatic carbocycles. The zero-order valence-electron chi connectivity index (χ0n) is 29.3. The second kappa shape index (κ2) is 27.3. The summed E-state index contributed by atoms with van der Waals surface area (Å²) in [5.41, 5.74) is 19.3. The van der Waals surface area contributed by atoms with E-state index in [2.05, 4.69) is 55.4 Å². The van der Waals surface area contributed by atoms with E-state index in [0.29, 0.717) is 0 Å². The van der Waals surface area contributed by atoms with Crippen LogP contribution < -0.4 is 103 Å². The van der Waals surface area contributed by atoms with Gasteiger partial charge in [0.15, 0.2) is 1.37 Å². The van der Waals surface area contributed by atoms with Crippen molar-refractivity contribution in [3.8, 4) is 0 Å². The zero-order valence-corrected chi connectivity index (χ0v) is 33.5. The molecule has 40 heavy (non-hydrogen) atoms. The van der Waals surface area contributed by atoms with Gasteiger partial charge in [-0.1, -0.05) is 104 Å². The van der Waals surface area contributed by atoms with E-state index in [9.17, 15) is 9.59 Å². The molecule has 0 saturated heterocycles. The van der Waals surface area contributed by atoms with Crippen LogP contribution in [0.2, 0.25) is 0 Å². The molecule has 11 nitrogen and oxygen atoms in total. The van der Waals surface area contributed by atoms with Gasteiger partial charge in [0.1, 0.15) is 12.2 Å². The summed E-state index contributed by atoms with van der Waals surface area (Å²) in [6, 6.07) is 0. The molecule has 0 bridgehead atoms. The number of carboxylic acid groups (broad SMARTS) is 1. The second-order valence-electron chi connectivity index (χ2n) is 12.9. The Morgan fingerprint density at radius 3 is 0.925 bits per heavy atom. The van der Waals surface area contributed by atoms with Crippen molar-refractivity contribution in [3.05, 3.63) is 23.4 Å². The minimum atomic E-state index is -1.58. The van der Waals surface area contributed by atoms with Crippen LogP contribution in [0.15, 0.2) is 0 Å². The summed E-state index contributed by atoms with van der Waals surface area (Å²) in [6.07, 6.45) is -5.23. The molecule has 0 aliphatic carbocycles. The molecule has 0 aliphatic heterocycles. The van der Waals surface area contributed by atoms with Crippen molar-refractivity contribution in [2.24, 2.45) is 33.5 Å². The van der Waals surface area contributed by atoms with E-state index >= 15 is 0 Å². The Balaban J connectivity index is -0.0000000677. The van der Waals surface area contributed by atoms with Gasteiger partial charge in [0, 0.05) is 6.39 Å². The molecule has 4 atom stereocenters. The minimum Gasteiger partial charge on any atom is -0.693 e. The number of carbonyl (C=O) groups is 4. The molecule has 6 N–H and O–H groups in total. The SMILES string of the molecule is C.C[C@H](C(OC([NH-])=O)C(C)(C)C)C(C)(C)C.C[C@H](C(OC([NH-])=O)C(C)(C)C)C(C)(C)C.[2H]C(=O)O.[2H]C([NH-])=O.[K+].[K+].[NH2-]. The molecule has 13 heteroatoms. The Kier molecular flexibility index (Phi) is 36.3. The molecule has 0 saturated carbocycles. The first-order valence-corrected chi connectivity index (χ1v) is 11.6. The number of hydrogen-bond acceptors (Lipinski definition) is 6. The monoisotopic (exact) mass is 630 g/mol. The Morgan fingerprint density at radius 1 is 0.700 bits per heavy atom. The fraction of sp³-hybridized carbons (Fsp3) is 0.852. The van der Waals surface area contributed by atoms with Crippen LogP contribution in [0.4, 0.5) is 9.59 Å². The number of nitrogens with two attached hydrogens (primary N) is 1. The maximum Gasteiger partial charge on any atom is 1.00 e. The molecule has 0 heterocycles. The van der Waals surface area contributed by atoms with E-state index in [1.54, 1.807) is 0 Å². The van der Waals surface area contributed by atoms with Gasteiger partial charge in [-0.25, -0.2) is 0 Å². The summed E-state index contributed by atoms with van der Waals surface area (Å²) in [4.78, 5) is 39.0. The van der Waals surface area contributed by atoms with Crippen molar-refractivity contribution in [3.63, 3.8) is 0 Å². The first kappa shape index (κ1) is 53.3. The fourth-order valence-electron chi connectivity index (χ4n) is 3.20. The zero-order chi connectivity index (χ0) is 32.0. The van der Waals surface area contributed by atoms with Crippen LogP contribution in [0, 0.1) is 33.5 Å². The Morgan fingerprint density at radius 2 is 0.850 bits per heavy atom.